The maximum absolute atomic E-state index is 12.5. The van der Waals surface area contributed by atoms with Crippen LogP contribution in [0.25, 0.3) is 21.8 Å². The van der Waals surface area contributed by atoms with Crippen LogP contribution >= 0.6 is 0 Å². The summed E-state index contributed by atoms with van der Waals surface area (Å²) in [5, 5.41) is 2.52. The first-order chi connectivity index (χ1) is 14.8. The fourth-order valence-corrected chi connectivity index (χ4v) is 3.96. The van der Waals surface area contributed by atoms with Gasteiger partial charge in [0.2, 0.25) is 0 Å². The molecule has 0 radical (unpaired) electrons. The van der Waals surface area contributed by atoms with Gasteiger partial charge in [0.25, 0.3) is 0 Å². The minimum absolute atomic E-state index is 0.0208. The zero-order valence-corrected chi connectivity index (χ0v) is 16.5. The van der Waals surface area contributed by atoms with E-state index in [1.54, 1.807) is 0 Å². The van der Waals surface area contributed by atoms with Crippen LogP contribution in [0.1, 0.15) is 15.9 Å². The van der Waals surface area contributed by atoms with Gasteiger partial charge in [-0.05, 0) is 36.4 Å². The van der Waals surface area contributed by atoms with Gasteiger partial charge in [-0.25, -0.2) is 0 Å². The van der Waals surface area contributed by atoms with E-state index in [1.807, 2.05) is 54.6 Å². The molecule has 0 N–H and O–H groups in total. The van der Waals surface area contributed by atoms with Crippen LogP contribution in [0.3, 0.4) is 0 Å². The Labute approximate surface area is 175 Å². The summed E-state index contributed by atoms with van der Waals surface area (Å²) in [5.41, 5.74) is 3.78. The lowest BCUT2D eigenvalue weighted by Crippen LogP contribution is -2.08. The molecule has 0 aliphatic carbocycles. The third-order valence-corrected chi connectivity index (χ3v) is 5.42. The molecule has 0 saturated heterocycles. The Morgan fingerprint density at radius 3 is 1.80 bits per heavy atom. The van der Waals surface area contributed by atoms with Crippen LogP contribution in [-0.2, 0) is 6.54 Å². The molecule has 30 heavy (non-hydrogen) atoms. The molecule has 3 heteroatoms. The van der Waals surface area contributed by atoms with Gasteiger partial charge >= 0.3 is 0 Å². The number of fused-ring (bicyclic) bond motifs is 3. The summed E-state index contributed by atoms with van der Waals surface area (Å²) >= 11 is 0. The number of aromatic nitrogens is 1. The summed E-state index contributed by atoms with van der Waals surface area (Å²) in [6.45, 7) is 1.30. The Morgan fingerprint density at radius 1 is 0.633 bits per heavy atom. The van der Waals surface area contributed by atoms with E-state index < -0.39 is 0 Å². The van der Waals surface area contributed by atoms with E-state index in [9.17, 15) is 4.79 Å². The second-order valence-corrected chi connectivity index (χ2v) is 7.25. The Kier molecular flexibility index (Phi) is 4.78. The van der Waals surface area contributed by atoms with E-state index in [1.165, 1.54) is 21.8 Å². The average molecular weight is 391 g/mol. The van der Waals surface area contributed by atoms with Crippen LogP contribution in [0.5, 0.6) is 5.75 Å². The van der Waals surface area contributed by atoms with Gasteiger partial charge in [0.15, 0.2) is 5.78 Å². The maximum Gasteiger partial charge on any atom is 0.193 e. The number of nitrogens with zero attached hydrogens (tertiary/aromatic N) is 1. The first-order valence-corrected chi connectivity index (χ1v) is 10.1. The number of hydrogen-bond donors (Lipinski definition) is 0. The Morgan fingerprint density at radius 2 is 1.17 bits per heavy atom. The van der Waals surface area contributed by atoms with Gasteiger partial charge in [0.05, 0.1) is 6.54 Å². The summed E-state index contributed by atoms with van der Waals surface area (Å²) in [6.07, 6.45) is 0. The molecule has 0 amide bonds. The molecule has 1 aromatic heterocycles. The van der Waals surface area contributed by atoms with Gasteiger partial charge in [0.1, 0.15) is 12.4 Å². The van der Waals surface area contributed by atoms with Crippen molar-refractivity contribution in [3.05, 3.63) is 114 Å². The Balaban J connectivity index is 1.31. The van der Waals surface area contributed by atoms with Crippen LogP contribution in [0, 0.1) is 0 Å². The van der Waals surface area contributed by atoms with Crippen molar-refractivity contribution in [3.63, 3.8) is 0 Å². The summed E-state index contributed by atoms with van der Waals surface area (Å²) in [6, 6.07) is 33.6. The van der Waals surface area contributed by atoms with Crippen LogP contribution in [0.4, 0.5) is 0 Å². The average Bonchev–Trinajstić information content (AvgIpc) is 3.14. The predicted octanol–water partition coefficient (Wildman–Crippen LogP) is 6.10. The third kappa shape index (κ3) is 3.35. The molecule has 0 atom stereocenters. The van der Waals surface area contributed by atoms with Crippen LogP contribution in [0.2, 0.25) is 0 Å². The van der Waals surface area contributed by atoms with E-state index in [2.05, 4.69) is 53.1 Å². The number of ketones is 1. The van der Waals surface area contributed by atoms with Crippen molar-refractivity contribution in [1.29, 1.82) is 0 Å². The highest BCUT2D eigenvalue weighted by molar-refractivity contribution is 6.09. The van der Waals surface area contributed by atoms with Crippen molar-refractivity contribution in [2.24, 2.45) is 0 Å². The Bertz CT molecular complexity index is 1260. The number of carbonyl (C=O) groups is 1. The maximum atomic E-state index is 12.5. The lowest BCUT2D eigenvalue weighted by molar-refractivity contribution is 0.103. The number of rotatable bonds is 6. The molecule has 5 rings (SSSR count). The predicted molar refractivity (Wildman–Crippen MR) is 121 cm³/mol. The van der Waals surface area contributed by atoms with Gasteiger partial charge in [-0.1, -0.05) is 66.7 Å². The van der Waals surface area contributed by atoms with Gasteiger partial charge in [-0.2, -0.15) is 0 Å². The molecule has 0 saturated carbocycles. The quantitative estimate of drug-likeness (QED) is 0.327. The van der Waals surface area contributed by atoms with Gasteiger partial charge in [0, 0.05) is 32.9 Å². The lowest BCUT2D eigenvalue weighted by Gasteiger charge is -2.10. The number of para-hydroxylation sites is 2. The van der Waals surface area contributed by atoms with Gasteiger partial charge in [-0.15, -0.1) is 0 Å². The molecule has 0 aliphatic rings. The third-order valence-electron chi connectivity index (χ3n) is 5.42. The number of carbonyl (C=O) groups excluding carboxylic acids is 1. The minimum Gasteiger partial charge on any atom is -0.492 e. The van der Waals surface area contributed by atoms with Crippen molar-refractivity contribution in [1.82, 2.24) is 4.57 Å². The fourth-order valence-electron chi connectivity index (χ4n) is 3.96. The highest BCUT2D eigenvalue weighted by Gasteiger charge is 2.10. The summed E-state index contributed by atoms with van der Waals surface area (Å²) in [5.74, 6) is 0.785. The van der Waals surface area contributed by atoms with E-state index in [-0.39, 0.29) is 5.78 Å². The molecule has 1 heterocycles. The molecule has 146 valence electrons. The van der Waals surface area contributed by atoms with Crippen molar-refractivity contribution in [2.45, 2.75) is 6.54 Å². The SMILES string of the molecule is O=C(c1ccccc1)c1ccc(OCCn2c3ccccc3c3ccccc32)cc1. The molecule has 0 unspecified atom stereocenters. The molecular weight excluding hydrogens is 370 g/mol. The van der Waals surface area contributed by atoms with Crippen LogP contribution < -0.4 is 4.74 Å². The largest absolute Gasteiger partial charge is 0.492 e. The van der Waals surface area contributed by atoms with Crippen molar-refractivity contribution >= 4 is 27.6 Å². The lowest BCUT2D eigenvalue weighted by atomic mass is 10.0. The Hall–Kier alpha value is -3.85. The minimum atomic E-state index is 0.0208. The van der Waals surface area contributed by atoms with E-state index >= 15 is 0 Å². The van der Waals surface area contributed by atoms with Crippen LogP contribution in [-0.4, -0.2) is 17.0 Å². The van der Waals surface area contributed by atoms with Crippen molar-refractivity contribution in [3.8, 4) is 5.75 Å². The second-order valence-electron chi connectivity index (χ2n) is 7.25. The van der Waals surface area contributed by atoms with Crippen molar-refractivity contribution in [2.75, 3.05) is 6.61 Å². The smallest absolute Gasteiger partial charge is 0.193 e. The number of ether oxygens (including phenoxy) is 1. The number of hydrogen-bond acceptors (Lipinski definition) is 2. The first-order valence-electron chi connectivity index (χ1n) is 10.1. The molecule has 3 nitrogen and oxygen atoms in total. The van der Waals surface area contributed by atoms with Gasteiger partial charge < -0.3 is 9.30 Å². The highest BCUT2D eigenvalue weighted by Crippen LogP contribution is 2.28. The zero-order valence-electron chi connectivity index (χ0n) is 16.5. The van der Waals surface area contributed by atoms with Crippen molar-refractivity contribution < 1.29 is 9.53 Å². The van der Waals surface area contributed by atoms with Gasteiger partial charge in [-0.3, -0.25) is 4.79 Å². The fraction of sp³-hybridized carbons (Fsp3) is 0.0741. The van der Waals surface area contributed by atoms with E-state index in [4.69, 9.17) is 4.74 Å². The summed E-state index contributed by atoms with van der Waals surface area (Å²) in [4.78, 5) is 12.5. The highest BCUT2D eigenvalue weighted by atomic mass is 16.5. The topological polar surface area (TPSA) is 31.2 Å². The standard InChI is InChI=1S/C27H21NO2/c29-27(20-8-2-1-3-9-20)21-14-16-22(17-15-21)30-19-18-28-25-12-6-4-10-23(25)24-11-5-7-13-26(24)28/h1-17H,18-19H2. The second kappa shape index (κ2) is 7.88. The molecular formula is C27H21NO2. The molecule has 0 fully saturated rings. The zero-order chi connectivity index (χ0) is 20.3. The van der Waals surface area contributed by atoms with Crippen LogP contribution in [0.15, 0.2) is 103 Å². The molecule has 0 bridgehead atoms. The van der Waals surface area contributed by atoms with E-state index in [0.29, 0.717) is 17.7 Å². The number of benzene rings is 4. The monoisotopic (exact) mass is 391 g/mol. The normalized spacial score (nSPS) is 11.1. The summed E-state index contributed by atoms with van der Waals surface area (Å²) < 4.78 is 8.29. The first kappa shape index (κ1) is 18.2. The molecule has 5 aromatic rings. The molecule has 0 spiro atoms. The molecule has 4 aromatic carbocycles. The van der Waals surface area contributed by atoms with E-state index in [0.717, 1.165) is 12.3 Å². The molecule has 0 aliphatic heterocycles. The summed E-state index contributed by atoms with van der Waals surface area (Å²) in [7, 11) is 0.